The van der Waals surface area contributed by atoms with Crippen LogP contribution in [0.5, 0.6) is 0 Å². The second kappa shape index (κ2) is 7.30. The number of ether oxygens (including phenoxy) is 1. The smallest absolute Gasteiger partial charge is 0.320 e. The first kappa shape index (κ1) is 18.2. The fourth-order valence-electron chi connectivity index (χ4n) is 2.32. The third kappa shape index (κ3) is 4.12. The highest BCUT2D eigenvalue weighted by Gasteiger charge is 2.19. The number of pyridine rings is 1. The lowest BCUT2D eigenvalue weighted by atomic mass is 10.3. The van der Waals surface area contributed by atoms with E-state index in [1.54, 1.807) is 30.3 Å². The molecule has 26 heavy (non-hydrogen) atoms. The van der Waals surface area contributed by atoms with Gasteiger partial charge in [-0.2, -0.15) is 4.98 Å². The third-order valence-corrected chi connectivity index (χ3v) is 5.97. The Labute approximate surface area is 153 Å². The molecule has 2 heterocycles. The van der Waals surface area contributed by atoms with Gasteiger partial charge >= 0.3 is 5.97 Å². The maximum absolute atomic E-state index is 12.2. The average molecular weight is 390 g/mol. The zero-order valence-electron chi connectivity index (χ0n) is 13.7. The highest BCUT2D eigenvalue weighted by Crippen LogP contribution is 2.24. The number of fused-ring (bicyclic) bond motifs is 1. The van der Waals surface area contributed by atoms with E-state index in [9.17, 15) is 18.0 Å². The topological polar surface area (TPSA) is 103 Å². The van der Waals surface area contributed by atoms with Crippen LogP contribution in [0.15, 0.2) is 47.3 Å². The fourth-order valence-corrected chi connectivity index (χ4v) is 4.47. The molecule has 0 saturated heterocycles. The minimum Gasteiger partial charge on any atom is -0.468 e. The van der Waals surface area contributed by atoms with E-state index in [1.165, 1.54) is 11.3 Å². The van der Waals surface area contributed by atoms with Gasteiger partial charge in [0.2, 0.25) is 0 Å². The molecule has 9 heteroatoms. The minimum atomic E-state index is -3.70. The monoisotopic (exact) mass is 390 g/mol. The Bertz CT molecular complexity index is 1140. The fraction of sp³-hybridized carbons (Fsp3) is 0.176. The number of carbonyl (C=O) groups is 1. The summed E-state index contributed by atoms with van der Waals surface area (Å²) in [5.41, 5.74) is 0.310. The van der Waals surface area contributed by atoms with Crippen LogP contribution in [0.1, 0.15) is 5.69 Å². The summed E-state index contributed by atoms with van der Waals surface area (Å²) in [5, 5.41) is 0.930. The van der Waals surface area contributed by atoms with Crippen molar-refractivity contribution in [3.05, 3.63) is 58.5 Å². The largest absolute Gasteiger partial charge is 0.468 e. The number of esters is 1. The molecule has 0 amide bonds. The summed E-state index contributed by atoms with van der Waals surface area (Å²) in [6.45, 7) is 0. The molecule has 134 valence electrons. The first-order valence-corrected chi connectivity index (χ1v) is 10.2. The number of carbonyl (C=O) groups excluding carboxylic acids is 1. The lowest BCUT2D eigenvalue weighted by molar-refractivity contribution is -0.137. The quantitative estimate of drug-likeness (QED) is 0.612. The lowest BCUT2D eigenvalue weighted by Crippen LogP contribution is -2.19. The predicted molar refractivity (Wildman–Crippen MR) is 98.6 cm³/mol. The van der Waals surface area contributed by atoms with Gasteiger partial charge in [0.1, 0.15) is 10.8 Å². The van der Waals surface area contributed by atoms with E-state index < -0.39 is 27.3 Å². The summed E-state index contributed by atoms with van der Waals surface area (Å²) in [5.74, 6) is -1.94. The number of rotatable bonds is 5. The SMILES string of the molecule is COC(=O)CS(=O)(=O)Cc1cccc(-c2nc(=O)c3ccccc3s2)n1. The van der Waals surface area contributed by atoms with E-state index in [2.05, 4.69) is 14.7 Å². The molecule has 0 bridgehead atoms. The number of aromatic nitrogens is 2. The van der Waals surface area contributed by atoms with Gasteiger partial charge < -0.3 is 4.74 Å². The lowest BCUT2D eigenvalue weighted by Gasteiger charge is -2.05. The molecule has 0 fully saturated rings. The van der Waals surface area contributed by atoms with Crippen LogP contribution in [0.4, 0.5) is 0 Å². The van der Waals surface area contributed by atoms with Gasteiger partial charge in [0.05, 0.1) is 29.6 Å². The Hall–Kier alpha value is -2.65. The van der Waals surface area contributed by atoms with Crippen molar-refractivity contribution < 1.29 is 17.9 Å². The Morgan fingerprint density at radius 2 is 1.88 bits per heavy atom. The van der Waals surface area contributed by atoms with Crippen molar-refractivity contribution in [3.63, 3.8) is 0 Å². The summed E-state index contributed by atoms with van der Waals surface area (Å²) >= 11 is 1.30. The Balaban J connectivity index is 1.95. The highest BCUT2D eigenvalue weighted by atomic mass is 32.2. The van der Waals surface area contributed by atoms with Crippen molar-refractivity contribution >= 4 is 37.2 Å². The molecule has 0 radical (unpaired) electrons. The highest BCUT2D eigenvalue weighted by molar-refractivity contribution is 7.91. The van der Waals surface area contributed by atoms with E-state index in [4.69, 9.17) is 0 Å². The van der Waals surface area contributed by atoms with E-state index in [0.717, 1.165) is 11.8 Å². The van der Waals surface area contributed by atoms with Crippen LogP contribution in [0, 0.1) is 0 Å². The summed E-state index contributed by atoms with van der Waals surface area (Å²) in [6.07, 6.45) is 0. The standard InChI is InChI=1S/C17H14N2O5S2/c1-24-15(20)10-26(22,23)9-11-5-4-7-13(18-11)17-19-16(21)12-6-2-3-8-14(12)25-17/h2-8H,9-10H2,1H3. The van der Waals surface area contributed by atoms with Gasteiger partial charge in [-0.3, -0.25) is 9.59 Å². The number of hydrogen-bond donors (Lipinski definition) is 0. The van der Waals surface area contributed by atoms with Gasteiger partial charge in [-0.1, -0.05) is 18.2 Å². The first-order chi connectivity index (χ1) is 12.4. The normalized spacial score (nSPS) is 11.4. The molecule has 3 rings (SSSR count). The molecule has 0 atom stereocenters. The molecule has 0 spiro atoms. The van der Waals surface area contributed by atoms with Crippen LogP contribution in [-0.4, -0.2) is 37.2 Å². The van der Waals surface area contributed by atoms with E-state index >= 15 is 0 Å². The van der Waals surface area contributed by atoms with E-state index in [-0.39, 0.29) is 11.3 Å². The van der Waals surface area contributed by atoms with Crippen molar-refractivity contribution in [3.8, 4) is 10.7 Å². The molecular formula is C17H14N2O5S2. The van der Waals surface area contributed by atoms with Gasteiger partial charge in [0, 0.05) is 4.70 Å². The summed E-state index contributed by atoms with van der Waals surface area (Å²) < 4.78 is 29.2. The van der Waals surface area contributed by atoms with Crippen LogP contribution in [-0.2, 0) is 25.1 Å². The molecule has 0 N–H and O–H groups in total. The van der Waals surface area contributed by atoms with Gasteiger partial charge in [-0.25, -0.2) is 13.4 Å². The maximum atomic E-state index is 12.2. The summed E-state index contributed by atoms with van der Waals surface area (Å²) in [6, 6.07) is 11.9. The average Bonchev–Trinajstić information content (AvgIpc) is 2.61. The molecule has 0 aliphatic rings. The van der Waals surface area contributed by atoms with Crippen LogP contribution < -0.4 is 5.56 Å². The Morgan fingerprint density at radius 1 is 1.12 bits per heavy atom. The number of nitrogens with zero attached hydrogens (tertiary/aromatic N) is 2. The number of methoxy groups -OCH3 is 1. The molecule has 7 nitrogen and oxygen atoms in total. The van der Waals surface area contributed by atoms with Crippen LogP contribution in [0.25, 0.3) is 20.8 Å². The number of sulfone groups is 1. The zero-order valence-corrected chi connectivity index (χ0v) is 15.3. The zero-order chi connectivity index (χ0) is 18.7. The molecule has 2 aromatic heterocycles. The van der Waals surface area contributed by atoms with Crippen molar-refractivity contribution in [2.24, 2.45) is 0 Å². The number of hydrogen-bond acceptors (Lipinski definition) is 8. The molecule has 0 aliphatic carbocycles. The molecular weight excluding hydrogens is 376 g/mol. The molecule has 0 saturated carbocycles. The van der Waals surface area contributed by atoms with E-state index in [1.807, 2.05) is 12.1 Å². The van der Waals surface area contributed by atoms with Gasteiger partial charge in [-0.15, -0.1) is 11.3 Å². The predicted octanol–water partition coefficient (Wildman–Crippen LogP) is 1.81. The van der Waals surface area contributed by atoms with Gasteiger partial charge in [0.25, 0.3) is 5.56 Å². The van der Waals surface area contributed by atoms with Crippen molar-refractivity contribution in [2.75, 3.05) is 12.9 Å². The Kier molecular flexibility index (Phi) is 5.10. The van der Waals surface area contributed by atoms with Crippen molar-refractivity contribution in [1.82, 2.24) is 9.97 Å². The number of benzene rings is 1. The van der Waals surface area contributed by atoms with Gasteiger partial charge in [-0.05, 0) is 24.3 Å². The second-order valence-electron chi connectivity index (χ2n) is 5.44. The van der Waals surface area contributed by atoms with Crippen LogP contribution >= 0.6 is 11.3 Å². The summed E-state index contributed by atoms with van der Waals surface area (Å²) in [4.78, 5) is 31.7. The van der Waals surface area contributed by atoms with Crippen molar-refractivity contribution in [2.45, 2.75) is 5.75 Å². The van der Waals surface area contributed by atoms with Crippen molar-refractivity contribution in [1.29, 1.82) is 0 Å². The third-order valence-electron chi connectivity index (χ3n) is 3.49. The first-order valence-electron chi connectivity index (χ1n) is 7.51. The minimum absolute atomic E-state index is 0.265. The summed E-state index contributed by atoms with van der Waals surface area (Å²) in [7, 11) is -2.57. The molecule has 3 aromatic rings. The van der Waals surface area contributed by atoms with Crippen LogP contribution in [0.2, 0.25) is 0 Å². The molecule has 1 aromatic carbocycles. The maximum Gasteiger partial charge on any atom is 0.320 e. The second-order valence-corrected chi connectivity index (χ2v) is 8.54. The van der Waals surface area contributed by atoms with Gasteiger partial charge in [0.15, 0.2) is 9.84 Å². The molecule has 0 unspecified atom stereocenters. The van der Waals surface area contributed by atoms with E-state index in [0.29, 0.717) is 16.1 Å². The molecule has 0 aliphatic heterocycles. The Morgan fingerprint density at radius 3 is 2.65 bits per heavy atom. The van der Waals surface area contributed by atoms with Crippen LogP contribution in [0.3, 0.4) is 0 Å².